The molecule has 0 aliphatic carbocycles. The normalized spacial score (nSPS) is 18.0. The Morgan fingerprint density at radius 1 is 1.10 bits per heavy atom. The Kier molecular flexibility index (Phi) is 5.01. The van der Waals surface area contributed by atoms with Crippen molar-refractivity contribution in [2.75, 3.05) is 11.9 Å². The number of benzene rings is 2. The summed E-state index contributed by atoms with van der Waals surface area (Å²) in [7, 11) is -3.66. The number of hydrogen-bond donors (Lipinski definition) is 3. The molecule has 0 radical (unpaired) electrons. The maximum absolute atomic E-state index is 13.0. The van der Waals surface area contributed by atoms with E-state index < -0.39 is 15.9 Å². The van der Waals surface area contributed by atoms with Crippen LogP contribution in [0, 0.1) is 0 Å². The summed E-state index contributed by atoms with van der Waals surface area (Å²) in [4.78, 5) is 29.4. The number of aromatic amines is 2. The van der Waals surface area contributed by atoms with Crippen molar-refractivity contribution in [3.63, 3.8) is 0 Å². The number of imidazole rings is 1. The number of rotatable bonds is 4. The van der Waals surface area contributed by atoms with Crippen molar-refractivity contribution in [1.29, 1.82) is 0 Å². The lowest BCUT2D eigenvalue weighted by Crippen LogP contribution is -2.41. The van der Waals surface area contributed by atoms with Crippen molar-refractivity contribution in [1.82, 2.24) is 14.3 Å². The highest BCUT2D eigenvalue weighted by Crippen LogP contribution is 2.26. The summed E-state index contributed by atoms with van der Waals surface area (Å²) in [5.41, 5.74) is 1.63. The van der Waals surface area contributed by atoms with E-state index in [1.165, 1.54) is 16.4 Å². The van der Waals surface area contributed by atoms with Crippen LogP contribution >= 0.6 is 0 Å². The van der Waals surface area contributed by atoms with Gasteiger partial charge in [-0.15, -0.1) is 0 Å². The molecule has 1 aliphatic rings. The number of sulfonamides is 1. The van der Waals surface area contributed by atoms with Crippen LogP contribution in [0.2, 0.25) is 0 Å². The Labute approximate surface area is 168 Å². The predicted molar refractivity (Wildman–Crippen MR) is 111 cm³/mol. The molecule has 3 aromatic rings. The zero-order valence-electron chi connectivity index (χ0n) is 15.9. The Balaban J connectivity index is 1.58. The van der Waals surface area contributed by atoms with Gasteiger partial charge in [0.15, 0.2) is 0 Å². The van der Waals surface area contributed by atoms with E-state index in [0.29, 0.717) is 23.3 Å². The molecule has 152 valence electrons. The van der Waals surface area contributed by atoms with E-state index in [1.54, 1.807) is 30.3 Å². The second-order valence-electron chi connectivity index (χ2n) is 7.28. The van der Waals surface area contributed by atoms with E-state index in [0.717, 1.165) is 19.3 Å². The minimum absolute atomic E-state index is 0.0542. The molecule has 0 spiro atoms. The van der Waals surface area contributed by atoms with Gasteiger partial charge < -0.3 is 15.3 Å². The molecule has 0 bridgehead atoms. The molecule has 1 amide bonds. The zero-order chi connectivity index (χ0) is 20.6. The second kappa shape index (κ2) is 7.49. The highest BCUT2D eigenvalue weighted by atomic mass is 32.2. The van der Waals surface area contributed by atoms with Gasteiger partial charge >= 0.3 is 5.69 Å². The second-order valence-corrected chi connectivity index (χ2v) is 9.17. The van der Waals surface area contributed by atoms with Crippen LogP contribution in [0.4, 0.5) is 5.69 Å². The number of H-pyrrole nitrogens is 2. The monoisotopic (exact) mass is 414 g/mol. The lowest BCUT2D eigenvalue weighted by atomic mass is 10.1. The molecule has 2 aromatic carbocycles. The van der Waals surface area contributed by atoms with Crippen molar-refractivity contribution in [2.45, 2.75) is 37.1 Å². The lowest BCUT2D eigenvalue weighted by Gasteiger charge is -2.32. The molecular formula is C20H22N4O4S. The lowest BCUT2D eigenvalue weighted by molar-refractivity contribution is 0.102. The average Bonchev–Trinajstić information content (AvgIpc) is 3.07. The molecule has 1 saturated heterocycles. The maximum atomic E-state index is 13.0. The van der Waals surface area contributed by atoms with Gasteiger partial charge in [0, 0.05) is 23.8 Å². The summed E-state index contributed by atoms with van der Waals surface area (Å²) in [5.74, 6) is -0.425. The van der Waals surface area contributed by atoms with Crippen molar-refractivity contribution < 1.29 is 13.2 Å². The molecule has 29 heavy (non-hydrogen) atoms. The van der Waals surface area contributed by atoms with Crippen molar-refractivity contribution in [3.8, 4) is 0 Å². The first-order valence-corrected chi connectivity index (χ1v) is 10.9. The Morgan fingerprint density at radius 2 is 1.90 bits per heavy atom. The van der Waals surface area contributed by atoms with Gasteiger partial charge in [0.05, 0.1) is 15.9 Å². The molecule has 1 atom stereocenters. The Morgan fingerprint density at radius 3 is 2.69 bits per heavy atom. The fourth-order valence-corrected chi connectivity index (χ4v) is 5.42. The van der Waals surface area contributed by atoms with Crippen LogP contribution in [0.3, 0.4) is 0 Å². The number of nitrogens with zero attached hydrogens (tertiary/aromatic N) is 1. The predicted octanol–water partition coefficient (Wildman–Crippen LogP) is 2.67. The van der Waals surface area contributed by atoms with Gasteiger partial charge in [-0.25, -0.2) is 13.2 Å². The third-order valence-corrected chi connectivity index (χ3v) is 7.23. The number of carbonyl (C=O) groups excluding carboxylic acids is 1. The van der Waals surface area contributed by atoms with Crippen LogP contribution in [0.1, 0.15) is 36.5 Å². The van der Waals surface area contributed by atoms with Gasteiger partial charge in [0.1, 0.15) is 0 Å². The first-order chi connectivity index (χ1) is 13.8. The minimum atomic E-state index is -3.66. The molecule has 3 N–H and O–H groups in total. The van der Waals surface area contributed by atoms with Gasteiger partial charge in [-0.2, -0.15) is 4.31 Å². The number of aromatic nitrogens is 2. The third-order valence-electron chi connectivity index (χ3n) is 5.22. The number of fused-ring (bicyclic) bond motifs is 1. The zero-order valence-corrected chi connectivity index (χ0v) is 16.8. The Hall–Kier alpha value is -2.91. The molecule has 1 aromatic heterocycles. The van der Waals surface area contributed by atoms with Gasteiger partial charge in [0.25, 0.3) is 5.91 Å². The molecule has 1 fully saturated rings. The number of anilines is 1. The summed E-state index contributed by atoms with van der Waals surface area (Å²) >= 11 is 0. The highest BCUT2D eigenvalue weighted by molar-refractivity contribution is 7.89. The molecule has 4 rings (SSSR count). The van der Waals surface area contributed by atoms with E-state index in [2.05, 4.69) is 15.3 Å². The Bertz CT molecular complexity index is 1230. The van der Waals surface area contributed by atoms with E-state index in [-0.39, 0.29) is 22.2 Å². The van der Waals surface area contributed by atoms with Crippen LogP contribution in [-0.4, -0.2) is 41.2 Å². The summed E-state index contributed by atoms with van der Waals surface area (Å²) in [5, 5.41) is 2.74. The van der Waals surface area contributed by atoms with E-state index in [4.69, 9.17) is 0 Å². The molecule has 2 heterocycles. The average molecular weight is 414 g/mol. The number of nitrogens with one attached hydrogen (secondary N) is 3. The van der Waals surface area contributed by atoms with Crippen molar-refractivity contribution in [2.24, 2.45) is 0 Å². The molecule has 8 nitrogen and oxygen atoms in total. The SMILES string of the molecule is CC1CCCCN1S(=O)(=O)c1cccc(C(=O)Nc2ccc3[nH]c(=O)[nH]c3c2)c1. The van der Waals surface area contributed by atoms with Crippen LogP contribution in [0.5, 0.6) is 0 Å². The summed E-state index contributed by atoms with van der Waals surface area (Å²) < 4.78 is 27.6. The molecule has 9 heteroatoms. The van der Waals surface area contributed by atoms with Crippen LogP contribution < -0.4 is 11.0 Å². The van der Waals surface area contributed by atoms with Gasteiger partial charge in [-0.05, 0) is 56.2 Å². The summed E-state index contributed by atoms with van der Waals surface area (Å²) in [6.07, 6.45) is 2.70. The van der Waals surface area contributed by atoms with E-state index >= 15 is 0 Å². The van der Waals surface area contributed by atoms with Gasteiger partial charge in [-0.1, -0.05) is 12.5 Å². The largest absolute Gasteiger partial charge is 0.323 e. The first-order valence-electron chi connectivity index (χ1n) is 9.50. The highest BCUT2D eigenvalue weighted by Gasteiger charge is 2.31. The fourth-order valence-electron chi connectivity index (χ4n) is 3.68. The summed E-state index contributed by atoms with van der Waals surface area (Å²) in [6.45, 7) is 2.41. The van der Waals surface area contributed by atoms with E-state index in [1.807, 2.05) is 6.92 Å². The number of hydrogen-bond acceptors (Lipinski definition) is 4. The van der Waals surface area contributed by atoms with Gasteiger partial charge in [-0.3, -0.25) is 4.79 Å². The number of amides is 1. The number of carbonyl (C=O) groups is 1. The molecule has 0 saturated carbocycles. The maximum Gasteiger partial charge on any atom is 0.323 e. The fraction of sp³-hybridized carbons (Fsp3) is 0.300. The topological polar surface area (TPSA) is 115 Å². The van der Waals surface area contributed by atoms with Crippen LogP contribution in [-0.2, 0) is 10.0 Å². The van der Waals surface area contributed by atoms with Gasteiger partial charge in [0.2, 0.25) is 10.0 Å². The molecular weight excluding hydrogens is 392 g/mol. The van der Waals surface area contributed by atoms with E-state index in [9.17, 15) is 18.0 Å². The smallest absolute Gasteiger partial charge is 0.322 e. The summed E-state index contributed by atoms with van der Waals surface area (Å²) in [6, 6.07) is 11.0. The minimum Gasteiger partial charge on any atom is -0.322 e. The number of piperidine rings is 1. The third kappa shape index (κ3) is 3.83. The van der Waals surface area contributed by atoms with Crippen LogP contribution in [0.25, 0.3) is 11.0 Å². The van der Waals surface area contributed by atoms with Crippen LogP contribution in [0.15, 0.2) is 52.2 Å². The molecule has 1 aliphatic heterocycles. The van der Waals surface area contributed by atoms with Crippen molar-refractivity contribution in [3.05, 3.63) is 58.5 Å². The quantitative estimate of drug-likeness (QED) is 0.609. The first kappa shape index (κ1) is 19.4. The molecule has 1 unspecified atom stereocenters. The standard InChI is InChI=1S/C20H22N4O4S/c1-13-5-2-3-10-24(13)29(27,28)16-7-4-6-14(11-16)19(25)21-15-8-9-17-18(12-15)23-20(26)22-17/h4,6-9,11-13H,2-3,5,10H2,1H3,(H,21,25)(H2,22,23,26). The van der Waals surface area contributed by atoms with Crippen molar-refractivity contribution >= 4 is 32.7 Å².